The lowest BCUT2D eigenvalue weighted by atomic mass is 10.3. The number of hydrogen-bond acceptors (Lipinski definition) is 4. The van der Waals surface area contributed by atoms with Crippen molar-refractivity contribution in [2.45, 2.75) is 12.2 Å². The Morgan fingerprint density at radius 3 is 2.22 bits per heavy atom. The van der Waals surface area contributed by atoms with Crippen molar-refractivity contribution in [1.82, 2.24) is 0 Å². The average molecular weight is 128 g/mol. The Hall–Kier alpha value is -1.03. The molecule has 9 heavy (non-hydrogen) atoms. The zero-order valence-corrected chi connectivity index (χ0v) is 4.37. The lowest BCUT2D eigenvalue weighted by molar-refractivity contribution is -0.119. The Morgan fingerprint density at radius 1 is 1.33 bits per heavy atom. The molecule has 1 heterocycles. The highest BCUT2D eigenvalue weighted by Gasteiger charge is 2.57. The van der Waals surface area contributed by atoms with E-state index in [9.17, 15) is 4.79 Å². The van der Waals surface area contributed by atoms with Crippen LogP contribution in [0.15, 0.2) is 11.5 Å². The molecule has 2 N–H and O–H groups in total. The Morgan fingerprint density at radius 2 is 2.00 bits per heavy atom. The molecule has 1 fully saturated rings. The third-order valence-electron chi connectivity index (χ3n) is 1.50. The van der Waals surface area contributed by atoms with Crippen molar-refractivity contribution in [3.05, 3.63) is 11.5 Å². The highest BCUT2D eigenvalue weighted by molar-refractivity contribution is 6.02. The maximum atomic E-state index is 10.6. The van der Waals surface area contributed by atoms with Crippen LogP contribution in [-0.2, 0) is 9.53 Å². The van der Waals surface area contributed by atoms with Crippen LogP contribution in [0.3, 0.4) is 0 Å². The van der Waals surface area contributed by atoms with Gasteiger partial charge < -0.3 is 14.9 Å². The molecular formula is C5H4O4. The Bertz CT molecular complexity index is 217. The molecule has 2 rings (SSSR count). The first-order valence-electron chi connectivity index (χ1n) is 2.53. The third-order valence-corrected chi connectivity index (χ3v) is 1.50. The fraction of sp³-hybridized carbons (Fsp3) is 0.400. The summed E-state index contributed by atoms with van der Waals surface area (Å²) in [5, 5.41) is 17.4. The minimum Gasteiger partial charge on any atom is -0.506 e. The molecule has 0 amide bonds. The molecular weight excluding hydrogens is 124 g/mol. The maximum absolute atomic E-state index is 10.6. The molecule has 0 saturated carbocycles. The van der Waals surface area contributed by atoms with Crippen LogP contribution in [0.1, 0.15) is 0 Å². The van der Waals surface area contributed by atoms with Gasteiger partial charge in [-0.1, -0.05) is 0 Å². The van der Waals surface area contributed by atoms with Gasteiger partial charge in [-0.3, -0.25) is 4.79 Å². The van der Waals surface area contributed by atoms with Crippen molar-refractivity contribution in [2.24, 2.45) is 0 Å². The van der Waals surface area contributed by atoms with Crippen LogP contribution in [0, 0.1) is 0 Å². The number of rotatable bonds is 0. The summed E-state index contributed by atoms with van der Waals surface area (Å²) in [6.45, 7) is 0. The van der Waals surface area contributed by atoms with E-state index in [1.54, 1.807) is 0 Å². The minimum absolute atomic E-state index is 0.315. The fourth-order valence-corrected chi connectivity index (χ4v) is 0.915. The third kappa shape index (κ3) is 0.392. The molecule has 4 nitrogen and oxygen atoms in total. The second-order valence-electron chi connectivity index (χ2n) is 2.08. The van der Waals surface area contributed by atoms with Gasteiger partial charge in [-0.2, -0.15) is 0 Å². The quantitative estimate of drug-likeness (QED) is 0.438. The second kappa shape index (κ2) is 1.11. The van der Waals surface area contributed by atoms with Crippen LogP contribution < -0.4 is 0 Å². The number of hydrogen-bond donors (Lipinski definition) is 2. The first-order valence-corrected chi connectivity index (χ1v) is 2.53. The van der Waals surface area contributed by atoms with Crippen LogP contribution in [0.5, 0.6) is 0 Å². The number of fused-ring (bicyclic) bond motifs is 1. The molecule has 2 aliphatic rings. The van der Waals surface area contributed by atoms with E-state index in [1.165, 1.54) is 0 Å². The number of carbonyl (C=O) groups is 1. The molecule has 48 valence electrons. The summed E-state index contributed by atoms with van der Waals surface area (Å²) in [6.07, 6.45) is -1.11. The largest absolute Gasteiger partial charge is 0.506 e. The Kier molecular flexibility index (Phi) is 0.593. The van der Waals surface area contributed by atoms with Crippen LogP contribution in [0.4, 0.5) is 0 Å². The number of aliphatic hydroxyl groups excluding tert-OH is 2. The highest BCUT2D eigenvalue weighted by atomic mass is 16.6. The van der Waals surface area contributed by atoms with Gasteiger partial charge in [-0.05, 0) is 0 Å². The SMILES string of the molecule is O=C1C(O)=C(O)C2OC12. The lowest BCUT2D eigenvalue weighted by Crippen LogP contribution is -2.05. The molecule has 0 aromatic heterocycles. The van der Waals surface area contributed by atoms with E-state index >= 15 is 0 Å². The number of aliphatic hydroxyl groups is 2. The molecule has 0 radical (unpaired) electrons. The average Bonchev–Trinajstić information content (AvgIpc) is 2.56. The van der Waals surface area contributed by atoms with Crippen LogP contribution in [0.2, 0.25) is 0 Å². The van der Waals surface area contributed by atoms with Crippen molar-refractivity contribution >= 4 is 5.78 Å². The predicted octanol–water partition coefficient (Wildman–Crippen LogP) is -0.336. The number of Topliss-reactive ketones (excluding diaryl/α,β-unsaturated/α-hetero) is 1. The molecule has 4 heteroatoms. The van der Waals surface area contributed by atoms with Crippen molar-refractivity contribution in [2.75, 3.05) is 0 Å². The van der Waals surface area contributed by atoms with Crippen LogP contribution >= 0.6 is 0 Å². The van der Waals surface area contributed by atoms with Gasteiger partial charge in [0.25, 0.3) is 0 Å². The summed E-state index contributed by atoms with van der Waals surface area (Å²) in [7, 11) is 0. The summed E-state index contributed by atoms with van der Waals surface area (Å²) in [6, 6.07) is 0. The molecule has 2 unspecified atom stereocenters. The Labute approximate surface area is 50.4 Å². The first-order chi connectivity index (χ1) is 4.22. The monoisotopic (exact) mass is 128 g/mol. The van der Waals surface area contributed by atoms with Crippen molar-refractivity contribution in [3.8, 4) is 0 Å². The van der Waals surface area contributed by atoms with Crippen LogP contribution in [0.25, 0.3) is 0 Å². The molecule has 0 bridgehead atoms. The number of epoxide rings is 1. The van der Waals surface area contributed by atoms with Crippen molar-refractivity contribution < 1.29 is 19.7 Å². The van der Waals surface area contributed by atoms with Gasteiger partial charge in [0.1, 0.15) is 0 Å². The van der Waals surface area contributed by atoms with Gasteiger partial charge in [0.15, 0.2) is 18.0 Å². The summed E-state index contributed by atoms with van der Waals surface area (Å²) >= 11 is 0. The van der Waals surface area contributed by atoms with E-state index in [1.807, 2.05) is 0 Å². The van der Waals surface area contributed by atoms with Crippen molar-refractivity contribution in [1.29, 1.82) is 0 Å². The van der Waals surface area contributed by atoms with E-state index in [-0.39, 0.29) is 5.76 Å². The van der Waals surface area contributed by atoms with Crippen molar-refractivity contribution in [3.63, 3.8) is 0 Å². The zero-order chi connectivity index (χ0) is 6.59. The fourth-order valence-electron chi connectivity index (χ4n) is 0.915. The van der Waals surface area contributed by atoms with E-state index in [4.69, 9.17) is 10.2 Å². The highest BCUT2D eigenvalue weighted by Crippen LogP contribution is 2.37. The van der Waals surface area contributed by atoms with E-state index in [2.05, 4.69) is 4.74 Å². The zero-order valence-electron chi connectivity index (χ0n) is 4.37. The smallest absolute Gasteiger partial charge is 0.232 e. The van der Waals surface area contributed by atoms with E-state index < -0.39 is 23.8 Å². The maximum Gasteiger partial charge on any atom is 0.232 e. The van der Waals surface area contributed by atoms with Gasteiger partial charge in [0.2, 0.25) is 11.5 Å². The molecule has 0 aromatic carbocycles. The van der Waals surface area contributed by atoms with Crippen LogP contribution in [-0.4, -0.2) is 28.2 Å². The first kappa shape index (κ1) is 4.81. The molecule has 1 aliphatic carbocycles. The predicted molar refractivity (Wildman–Crippen MR) is 26.0 cm³/mol. The standard InChI is InChI=1S/C5H4O4/c6-1-2(7)4-5(9-4)3(1)8/h4-7H. The Balaban J connectivity index is 2.44. The molecule has 0 spiro atoms. The molecule has 1 saturated heterocycles. The van der Waals surface area contributed by atoms with Gasteiger partial charge in [0, 0.05) is 0 Å². The van der Waals surface area contributed by atoms with E-state index in [0.717, 1.165) is 0 Å². The normalized spacial score (nSPS) is 39.3. The molecule has 1 aliphatic heterocycles. The minimum atomic E-state index is -0.579. The summed E-state index contributed by atoms with van der Waals surface area (Å²) in [4.78, 5) is 10.6. The van der Waals surface area contributed by atoms with Gasteiger partial charge in [-0.25, -0.2) is 0 Å². The van der Waals surface area contributed by atoms with E-state index in [0.29, 0.717) is 0 Å². The summed E-state index contributed by atoms with van der Waals surface area (Å²) < 4.78 is 4.63. The number of ketones is 1. The molecule has 0 aromatic rings. The summed E-state index contributed by atoms with van der Waals surface area (Å²) in [5.74, 6) is -1.35. The lowest BCUT2D eigenvalue weighted by Gasteiger charge is -1.91. The van der Waals surface area contributed by atoms with Gasteiger partial charge in [0.05, 0.1) is 0 Å². The van der Waals surface area contributed by atoms with Gasteiger partial charge in [-0.15, -0.1) is 0 Å². The summed E-state index contributed by atoms with van der Waals surface area (Å²) in [5.41, 5.74) is 0. The number of carbonyl (C=O) groups excluding carboxylic acids is 1. The topological polar surface area (TPSA) is 70.1 Å². The number of ether oxygens (including phenoxy) is 1. The molecule has 2 atom stereocenters. The van der Waals surface area contributed by atoms with Gasteiger partial charge >= 0.3 is 0 Å². The second-order valence-corrected chi connectivity index (χ2v) is 2.08.